The SMILES string of the molecule is FC(F)(F)c1cc(Cl)ccc1NCC1CCCO1. The largest absolute Gasteiger partial charge is 0.418 e. The number of halogens is 4. The lowest BCUT2D eigenvalue weighted by Crippen LogP contribution is -2.20. The van der Waals surface area contributed by atoms with Crippen molar-refractivity contribution in [1.82, 2.24) is 0 Å². The van der Waals surface area contributed by atoms with E-state index in [0.29, 0.717) is 13.2 Å². The maximum absolute atomic E-state index is 12.8. The molecule has 0 saturated carbocycles. The van der Waals surface area contributed by atoms with Crippen molar-refractivity contribution in [2.24, 2.45) is 0 Å². The van der Waals surface area contributed by atoms with Crippen molar-refractivity contribution in [3.05, 3.63) is 28.8 Å². The molecule has 0 spiro atoms. The summed E-state index contributed by atoms with van der Waals surface area (Å²) in [6.07, 6.45) is -2.59. The van der Waals surface area contributed by atoms with Gasteiger partial charge in [-0.25, -0.2) is 0 Å². The fraction of sp³-hybridized carbons (Fsp3) is 0.500. The first-order valence-corrected chi connectivity index (χ1v) is 6.07. The van der Waals surface area contributed by atoms with Crippen LogP contribution >= 0.6 is 11.6 Å². The molecule has 0 amide bonds. The first-order valence-electron chi connectivity index (χ1n) is 5.69. The van der Waals surface area contributed by atoms with Gasteiger partial charge >= 0.3 is 6.18 Å². The predicted molar refractivity (Wildman–Crippen MR) is 63.9 cm³/mol. The van der Waals surface area contributed by atoms with Crippen molar-refractivity contribution in [3.63, 3.8) is 0 Å². The third-order valence-electron chi connectivity index (χ3n) is 2.83. The molecule has 1 fully saturated rings. The van der Waals surface area contributed by atoms with Crippen LogP contribution in [-0.4, -0.2) is 19.3 Å². The van der Waals surface area contributed by atoms with Crippen LogP contribution in [0, 0.1) is 0 Å². The van der Waals surface area contributed by atoms with Crippen molar-refractivity contribution in [3.8, 4) is 0 Å². The molecule has 0 aliphatic carbocycles. The van der Waals surface area contributed by atoms with Crippen molar-refractivity contribution < 1.29 is 17.9 Å². The van der Waals surface area contributed by atoms with Gasteiger partial charge < -0.3 is 10.1 Å². The van der Waals surface area contributed by atoms with Crippen molar-refractivity contribution >= 4 is 17.3 Å². The van der Waals surface area contributed by atoms with Crippen LogP contribution in [0.4, 0.5) is 18.9 Å². The molecule has 1 atom stereocenters. The van der Waals surface area contributed by atoms with E-state index < -0.39 is 11.7 Å². The Labute approximate surface area is 108 Å². The Kier molecular flexibility index (Phi) is 4.02. The minimum absolute atomic E-state index is 0.0123. The van der Waals surface area contributed by atoms with Crippen molar-refractivity contribution in [2.75, 3.05) is 18.5 Å². The van der Waals surface area contributed by atoms with Crippen LogP contribution in [0.5, 0.6) is 0 Å². The maximum Gasteiger partial charge on any atom is 0.418 e. The summed E-state index contributed by atoms with van der Waals surface area (Å²) in [5.74, 6) is 0. The molecular formula is C12H13ClF3NO. The molecule has 2 rings (SSSR count). The second-order valence-corrected chi connectivity index (χ2v) is 4.64. The Morgan fingerprint density at radius 2 is 2.17 bits per heavy atom. The number of alkyl halides is 3. The van der Waals surface area contributed by atoms with E-state index in [-0.39, 0.29) is 16.8 Å². The molecule has 0 bridgehead atoms. The molecule has 1 aromatic rings. The van der Waals surface area contributed by atoms with E-state index in [9.17, 15) is 13.2 Å². The standard InChI is InChI=1S/C12H13ClF3NO/c13-8-3-4-11(10(6-8)12(14,15)16)17-7-9-2-1-5-18-9/h3-4,6,9,17H,1-2,5,7H2. The van der Waals surface area contributed by atoms with Gasteiger partial charge in [0.25, 0.3) is 0 Å². The molecule has 1 saturated heterocycles. The molecule has 18 heavy (non-hydrogen) atoms. The lowest BCUT2D eigenvalue weighted by molar-refractivity contribution is -0.137. The van der Waals surface area contributed by atoms with E-state index in [1.165, 1.54) is 12.1 Å². The van der Waals surface area contributed by atoms with Gasteiger partial charge in [-0.2, -0.15) is 13.2 Å². The van der Waals surface area contributed by atoms with Gasteiger partial charge in [-0.3, -0.25) is 0 Å². The Bertz CT molecular complexity index is 416. The monoisotopic (exact) mass is 279 g/mol. The smallest absolute Gasteiger partial charge is 0.382 e. The van der Waals surface area contributed by atoms with Gasteiger partial charge in [-0.1, -0.05) is 11.6 Å². The van der Waals surface area contributed by atoms with Gasteiger partial charge in [0.05, 0.1) is 11.7 Å². The minimum atomic E-state index is -4.41. The number of hydrogen-bond acceptors (Lipinski definition) is 2. The normalized spacial score (nSPS) is 20.1. The summed E-state index contributed by atoms with van der Waals surface area (Å²) >= 11 is 5.60. The van der Waals surface area contributed by atoms with E-state index in [1.54, 1.807) is 0 Å². The van der Waals surface area contributed by atoms with Gasteiger partial charge in [0.15, 0.2) is 0 Å². The minimum Gasteiger partial charge on any atom is -0.382 e. The first-order chi connectivity index (χ1) is 8.47. The van der Waals surface area contributed by atoms with E-state index in [2.05, 4.69) is 5.32 Å². The number of hydrogen-bond donors (Lipinski definition) is 1. The summed E-state index contributed by atoms with van der Waals surface area (Å²) in [6.45, 7) is 1.06. The summed E-state index contributed by atoms with van der Waals surface area (Å²) in [6, 6.07) is 3.72. The number of nitrogens with one attached hydrogen (secondary N) is 1. The van der Waals surface area contributed by atoms with E-state index in [0.717, 1.165) is 18.9 Å². The fourth-order valence-electron chi connectivity index (χ4n) is 1.93. The summed E-state index contributed by atoms with van der Waals surface area (Å²) in [7, 11) is 0. The lowest BCUT2D eigenvalue weighted by atomic mass is 10.1. The Morgan fingerprint density at radius 1 is 1.39 bits per heavy atom. The van der Waals surface area contributed by atoms with E-state index in [1.807, 2.05) is 0 Å². The second-order valence-electron chi connectivity index (χ2n) is 4.20. The molecule has 6 heteroatoms. The summed E-state index contributed by atoms with van der Waals surface area (Å²) in [5, 5.41) is 2.86. The van der Waals surface area contributed by atoms with Gasteiger partial charge in [0.2, 0.25) is 0 Å². The van der Waals surface area contributed by atoms with Crippen LogP contribution in [0.1, 0.15) is 18.4 Å². The highest BCUT2D eigenvalue weighted by atomic mass is 35.5. The average Bonchev–Trinajstić information content (AvgIpc) is 2.79. The lowest BCUT2D eigenvalue weighted by Gasteiger charge is -2.17. The Hall–Kier alpha value is -0.940. The number of ether oxygens (including phenoxy) is 1. The molecule has 100 valence electrons. The zero-order chi connectivity index (χ0) is 13.2. The Morgan fingerprint density at radius 3 is 2.78 bits per heavy atom. The molecule has 1 aliphatic heterocycles. The van der Waals surface area contributed by atoms with E-state index in [4.69, 9.17) is 16.3 Å². The summed E-state index contributed by atoms with van der Waals surface area (Å²) < 4.78 is 43.8. The summed E-state index contributed by atoms with van der Waals surface area (Å²) in [4.78, 5) is 0. The average molecular weight is 280 g/mol. The van der Waals surface area contributed by atoms with Crippen LogP contribution in [-0.2, 0) is 10.9 Å². The molecule has 1 aliphatic rings. The highest BCUT2D eigenvalue weighted by Gasteiger charge is 2.34. The van der Waals surface area contributed by atoms with Crippen LogP contribution in [0.25, 0.3) is 0 Å². The van der Waals surface area contributed by atoms with Crippen LogP contribution < -0.4 is 5.32 Å². The molecule has 1 heterocycles. The van der Waals surface area contributed by atoms with Gasteiger partial charge in [0, 0.05) is 23.9 Å². The topological polar surface area (TPSA) is 21.3 Å². The molecule has 1 N–H and O–H groups in total. The van der Waals surface area contributed by atoms with Gasteiger partial charge in [-0.05, 0) is 31.0 Å². The Balaban J connectivity index is 2.11. The predicted octanol–water partition coefficient (Wildman–Crippen LogP) is 3.95. The first kappa shape index (κ1) is 13.5. The summed E-state index contributed by atoms with van der Waals surface area (Å²) in [5.41, 5.74) is -0.699. The van der Waals surface area contributed by atoms with Crippen LogP contribution in [0.15, 0.2) is 18.2 Å². The van der Waals surface area contributed by atoms with Crippen LogP contribution in [0.2, 0.25) is 5.02 Å². The van der Waals surface area contributed by atoms with Crippen LogP contribution in [0.3, 0.4) is 0 Å². The highest BCUT2D eigenvalue weighted by molar-refractivity contribution is 6.30. The number of anilines is 1. The zero-order valence-electron chi connectivity index (χ0n) is 9.56. The maximum atomic E-state index is 12.8. The molecule has 2 nitrogen and oxygen atoms in total. The molecular weight excluding hydrogens is 267 g/mol. The highest BCUT2D eigenvalue weighted by Crippen LogP contribution is 2.36. The third-order valence-corrected chi connectivity index (χ3v) is 3.07. The molecule has 1 aromatic carbocycles. The van der Waals surface area contributed by atoms with Gasteiger partial charge in [0.1, 0.15) is 0 Å². The quantitative estimate of drug-likeness (QED) is 0.904. The number of rotatable bonds is 3. The van der Waals surface area contributed by atoms with Crippen molar-refractivity contribution in [2.45, 2.75) is 25.1 Å². The fourth-order valence-corrected chi connectivity index (χ4v) is 2.11. The molecule has 0 aromatic heterocycles. The zero-order valence-corrected chi connectivity index (χ0v) is 10.3. The second kappa shape index (κ2) is 5.36. The van der Waals surface area contributed by atoms with Crippen molar-refractivity contribution in [1.29, 1.82) is 0 Å². The van der Waals surface area contributed by atoms with E-state index >= 15 is 0 Å². The number of benzene rings is 1. The molecule has 1 unspecified atom stereocenters. The third kappa shape index (κ3) is 3.29. The molecule has 0 radical (unpaired) electrons. The van der Waals surface area contributed by atoms with Gasteiger partial charge in [-0.15, -0.1) is 0 Å².